The Bertz CT molecular complexity index is 1670. The van der Waals surface area contributed by atoms with Gasteiger partial charge in [-0.25, -0.2) is 0 Å². The first kappa shape index (κ1) is 25.7. The highest BCUT2D eigenvalue weighted by molar-refractivity contribution is 6.04. The summed E-state index contributed by atoms with van der Waals surface area (Å²) in [5.74, 6) is -0.287. The van der Waals surface area contributed by atoms with E-state index in [0.29, 0.717) is 28.4 Å². The minimum Gasteiger partial charge on any atom is -0.407 e. The molecule has 1 amide bonds. The van der Waals surface area contributed by atoms with Crippen LogP contribution in [0.25, 0.3) is 28.1 Å². The zero-order chi connectivity index (χ0) is 27.5. The molecule has 6 nitrogen and oxygen atoms in total. The number of anilines is 1. The molecule has 0 aliphatic rings. The summed E-state index contributed by atoms with van der Waals surface area (Å²) in [6.07, 6.45) is 0. The van der Waals surface area contributed by atoms with Crippen LogP contribution in [-0.4, -0.2) is 21.7 Å². The van der Waals surface area contributed by atoms with E-state index < -0.39 is 5.97 Å². The maximum Gasteiger partial charge on any atom is 0.309 e. The van der Waals surface area contributed by atoms with Crippen molar-refractivity contribution < 1.29 is 14.3 Å². The summed E-state index contributed by atoms with van der Waals surface area (Å²) in [6.45, 7) is 7.39. The van der Waals surface area contributed by atoms with Crippen LogP contribution in [-0.2, 0) is 4.79 Å². The lowest BCUT2D eigenvalue weighted by Crippen LogP contribution is -2.11. The number of carbonyl (C=O) groups excluding carboxylic acids is 2. The first-order valence-corrected chi connectivity index (χ1v) is 12.7. The number of nitrogens with zero attached hydrogens (tertiary/aromatic N) is 2. The molecule has 0 radical (unpaired) electrons. The lowest BCUT2D eigenvalue weighted by Gasteiger charge is -2.12. The van der Waals surface area contributed by atoms with Gasteiger partial charge in [0.25, 0.3) is 5.91 Å². The summed E-state index contributed by atoms with van der Waals surface area (Å²) >= 11 is 0. The van der Waals surface area contributed by atoms with Gasteiger partial charge in [-0.15, -0.1) is 0 Å². The highest BCUT2D eigenvalue weighted by Gasteiger charge is 2.25. The van der Waals surface area contributed by atoms with E-state index in [2.05, 4.69) is 11.4 Å². The molecule has 0 unspecified atom stereocenters. The van der Waals surface area contributed by atoms with Gasteiger partial charge in [-0.1, -0.05) is 71.8 Å². The van der Waals surface area contributed by atoms with Crippen molar-refractivity contribution in [3.05, 3.63) is 119 Å². The second-order valence-electron chi connectivity index (χ2n) is 9.59. The van der Waals surface area contributed by atoms with E-state index >= 15 is 0 Å². The van der Waals surface area contributed by atoms with E-state index in [1.807, 2.05) is 99.6 Å². The number of aromatic nitrogens is 2. The summed E-state index contributed by atoms with van der Waals surface area (Å²) in [7, 11) is 0. The van der Waals surface area contributed by atoms with Crippen LogP contribution >= 0.6 is 0 Å². The van der Waals surface area contributed by atoms with Gasteiger partial charge in [0, 0.05) is 23.7 Å². The Hall–Kier alpha value is -4.97. The van der Waals surface area contributed by atoms with Gasteiger partial charge >= 0.3 is 5.97 Å². The first-order valence-electron chi connectivity index (χ1n) is 12.7. The molecule has 1 N–H and O–H groups in total. The number of ether oxygens (including phenoxy) is 1. The topological polar surface area (TPSA) is 73.2 Å². The third-order valence-electron chi connectivity index (χ3n) is 6.46. The molecule has 4 aromatic carbocycles. The van der Waals surface area contributed by atoms with Gasteiger partial charge in [-0.05, 0) is 68.3 Å². The number of hydrogen-bond acceptors (Lipinski definition) is 4. The molecule has 0 saturated carbocycles. The summed E-state index contributed by atoms with van der Waals surface area (Å²) < 4.78 is 7.52. The Labute approximate surface area is 227 Å². The number of para-hydroxylation sites is 1. The Morgan fingerprint density at radius 1 is 0.769 bits per heavy atom. The fraction of sp³-hybridized carbons (Fsp3) is 0.121. The standard InChI is InChI=1S/C33H29N3O3/c1-21-12-14-26(15-13-21)32(38)34-28-18-16-25(17-19-28)30-31(27-10-7-8-22(2)20-27)35-36(33(30)39-24(4)37)29-11-6-5-9-23(29)3/h5-20H,1-4H3,(H,34,38). The largest absolute Gasteiger partial charge is 0.407 e. The van der Waals surface area contributed by atoms with Gasteiger partial charge in [0.15, 0.2) is 0 Å². The van der Waals surface area contributed by atoms with E-state index in [1.165, 1.54) is 6.92 Å². The number of carbonyl (C=O) groups is 2. The second kappa shape index (κ2) is 10.8. The van der Waals surface area contributed by atoms with Crippen molar-refractivity contribution in [2.45, 2.75) is 27.7 Å². The van der Waals surface area contributed by atoms with Gasteiger partial charge in [-0.3, -0.25) is 9.59 Å². The molecule has 6 heteroatoms. The fourth-order valence-corrected chi connectivity index (χ4v) is 4.48. The smallest absolute Gasteiger partial charge is 0.309 e. The van der Waals surface area contributed by atoms with Crippen LogP contribution in [0.2, 0.25) is 0 Å². The third-order valence-corrected chi connectivity index (χ3v) is 6.46. The number of nitrogens with one attached hydrogen (secondary N) is 1. The van der Waals surface area contributed by atoms with Crippen molar-refractivity contribution in [1.82, 2.24) is 9.78 Å². The van der Waals surface area contributed by atoms with Crippen LogP contribution in [0.4, 0.5) is 5.69 Å². The number of esters is 1. The molecule has 194 valence electrons. The number of benzene rings is 4. The minimum atomic E-state index is -0.441. The van der Waals surface area contributed by atoms with Crippen LogP contribution in [0.1, 0.15) is 34.0 Å². The summed E-state index contributed by atoms with van der Waals surface area (Å²) in [5.41, 5.74) is 8.32. The van der Waals surface area contributed by atoms with Gasteiger partial charge < -0.3 is 10.1 Å². The normalized spacial score (nSPS) is 10.8. The molecule has 0 bridgehead atoms. The number of aryl methyl sites for hydroxylation is 3. The Kier molecular flexibility index (Phi) is 7.10. The Balaban J connectivity index is 1.62. The molecule has 0 atom stereocenters. The molecule has 0 spiro atoms. The lowest BCUT2D eigenvalue weighted by atomic mass is 10.00. The molecule has 0 aliphatic carbocycles. The van der Waals surface area contributed by atoms with Crippen molar-refractivity contribution >= 4 is 17.6 Å². The van der Waals surface area contributed by atoms with Crippen molar-refractivity contribution in [3.8, 4) is 34.0 Å². The summed E-state index contributed by atoms with van der Waals surface area (Å²) in [5, 5.41) is 7.92. The Morgan fingerprint density at radius 3 is 2.15 bits per heavy atom. The molecule has 1 heterocycles. The molecular formula is C33H29N3O3. The van der Waals surface area contributed by atoms with Gasteiger partial charge in [-0.2, -0.15) is 9.78 Å². The van der Waals surface area contributed by atoms with Crippen LogP contribution in [0.15, 0.2) is 97.1 Å². The zero-order valence-electron chi connectivity index (χ0n) is 22.4. The molecule has 0 saturated heterocycles. The predicted octanol–water partition coefficient (Wildman–Crippen LogP) is 7.31. The predicted molar refractivity (Wildman–Crippen MR) is 154 cm³/mol. The second-order valence-corrected chi connectivity index (χ2v) is 9.59. The quantitative estimate of drug-likeness (QED) is 0.241. The Morgan fingerprint density at radius 2 is 1.49 bits per heavy atom. The van der Waals surface area contributed by atoms with Gasteiger partial charge in [0.1, 0.15) is 5.69 Å². The summed E-state index contributed by atoms with van der Waals surface area (Å²) in [6, 6.07) is 30.8. The van der Waals surface area contributed by atoms with Crippen LogP contribution in [0.3, 0.4) is 0 Å². The molecule has 1 aromatic heterocycles. The number of hydrogen-bond donors (Lipinski definition) is 1. The van der Waals surface area contributed by atoms with E-state index in [1.54, 1.807) is 16.8 Å². The average Bonchev–Trinajstić information content (AvgIpc) is 3.28. The molecule has 39 heavy (non-hydrogen) atoms. The highest BCUT2D eigenvalue weighted by atomic mass is 16.5. The third kappa shape index (κ3) is 5.50. The van der Waals surface area contributed by atoms with Gasteiger partial charge in [0.2, 0.25) is 5.88 Å². The van der Waals surface area contributed by atoms with E-state index in [9.17, 15) is 9.59 Å². The maximum absolute atomic E-state index is 12.7. The SMILES string of the molecule is CC(=O)Oc1c(-c2ccc(NC(=O)c3ccc(C)cc3)cc2)c(-c2cccc(C)c2)nn1-c1ccccc1C. The van der Waals surface area contributed by atoms with E-state index in [-0.39, 0.29) is 5.91 Å². The molecule has 5 aromatic rings. The van der Waals surface area contributed by atoms with Crippen LogP contribution in [0, 0.1) is 20.8 Å². The molecular weight excluding hydrogens is 486 g/mol. The molecule has 0 aliphatic heterocycles. The van der Waals surface area contributed by atoms with Crippen LogP contribution in [0.5, 0.6) is 5.88 Å². The van der Waals surface area contributed by atoms with Gasteiger partial charge in [0.05, 0.1) is 11.3 Å². The number of rotatable bonds is 6. The van der Waals surface area contributed by atoms with Crippen molar-refractivity contribution in [3.63, 3.8) is 0 Å². The fourth-order valence-electron chi connectivity index (χ4n) is 4.48. The van der Waals surface area contributed by atoms with E-state index in [4.69, 9.17) is 9.84 Å². The number of amides is 1. The lowest BCUT2D eigenvalue weighted by molar-refractivity contribution is -0.132. The van der Waals surface area contributed by atoms with Crippen molar-refractivity contribution in [2.24, 2.45) is 0 Å². The van der Waals surface area contributed by atoms with Crippen molar-refractivity contribution in [1.29, 1.82) is 0 Å². The monoisotopic (exact) mass is 515 g/mol. The highest BCUT2D eigenvalue weighted by Crippen LogP contribution is 2.41. The molecule has 0 fully saturated rings. The zero-order valence-corrected chi connectivity index (χ0v) is 22.4. The minimum absolute atomic E-state index is 0.184. The van der Waals surface area contributed by atoms with Crippen molar-refractivity contribution in [2.75, 3.05) is 5.32 Å². The van der Waals surface area contributed by atoms with E-state index in [0.717, 1.165) is 33.5 Å². The van der Waals surface area contributed by atoms with Crippen LogP contribution < -0.4 is 10.1 Å². The average molecular weight is 516 g/mol. The molecule has 5 rings (SSSR count). The first-order chi connectivity index (χ1) is 18.8. The summed E-state index contributed by atoms with van der Waals surface area (Å²) in [4.78, 5) is 25.0. The maximum atomic E-state index is 12.7.